The number of carbonyl (C=O) groups excluding carboxylic acids is 1. The van der Waals surface area contributed by atoms with Crippen LogP contribution in [0.1, 0.15) is 15.2 Å². The normalized spacial score (nSPS) is 10.3. The molecule has 1 aromatic heterocycles. The molecule has 7 heteroatoms. The summed E-state index contributed by atoms with van der Waals surface area (Å²) < 4.78 is 0.691. The minimum atomic E-state index is -0.250. The molecule has 0 radical (unpaired) electrons. The molecule has 100 valence electrons. The van der Waals surface area contributed by atoms with Crippen LogP contribution in [0.4, 0.5) is 5.69 Å². The number of nitrogens with two attached hydrogens (primary N) is 1. The molecule has 0 fully saturated rings. The van der Waals surface area contributed by atoms with E-state index in [0.29, 0.717) is 27.2 Å². The minimum absolute atomic E-state index is 0.250. The molecule has 0 atom stereocenters. The van der Waals surface area contributed by atoms with Gasteiger partial charge in [-0.2, -0.15) is 0 Å². The molecule has 0 saturated heterocycles. The summed E-state index contributed by atoms with van der Waals surface area (Å²) in [5.41, 5.74) is 3.39. The fourth-order valence-electron chi connectivity index (χ4n) is 1.54. The number of hydrogen-bond donors (Lipinski definition) is 3. The van der Waals surface area contributed by atoms with Gasteiger partial charge in [0.2, 0.25) is 0 Å². The Morgan fingerprint density at radius 1 is 1.26 bits per heavy atom. The maximum atomic E-state index is 12.1. The molecule has 1 amide bonds. The molecule has 0 aliphatic carbocycles. The molecule has 0 saturated carbocycles. The molecule has 0 aliphatic rings. The van der Waals surface area contributed by atoms with Crippen LogP contribution in [-0.2, 0) is 6.54 Å². The SMILES string of the molecule is NNc1ccc(Cl)cc1C(=O)NCc1ccc(Cl)s1. The molecule has 0 unspecified atom stereocenters. The van der Waals surface area contributed by atoms with E-state index in [9.17, 15) is 4.79 Å². The number of carbonyl (C=O) groups is 1. The number of rotatable bonds is 4. The van der Waals surface area contributed by atoms with Crippen molar-refractivity contribution in [2.75, 3.05) is 5.43 Å². The maximum Gasteiger partial charge on any atom is 0.253 e. The predicted octanol–water partition coefficient (Wildman–Crippen LogP) is 3.27. The van der Waals surface area contributed by atoms with E-state index in [-0.39, 0.29) is 5.91 Å². The van der Waals surface area contributed by atoms with Crippen molar-refractivity contribution in [3.05, 3.63) is 50.1 Å². The van der Waals surface area contributed by atoms with Crippen LogP contribution in [0.2, 0.25) is 9.36 Å². The molecule has 0 spiro atoms. The molecular weight excluding hydrogens is 305 g/mol. The molecule has 19 heavy (non-hydrogen) atoms. The number of nitrogens with one attached hydrogen (secondary N) is 2. The Hall–Kier alpha value is -1.27. The molecule has 1 aromatic carbocycles. The van der Waals surface area contributed by atoms with Crippen molar-refractivity contribution in [3.8, 4) is 0 Å². The fraction of sp³-hybridized carbons (Fsp3) is 0.0833. The van der Waals surface area contributed by atoms with Gasteiger partial charge < -0.3 is 10.7 Å². The van der Waals surface area contributed by atoms with Crippen LogP contribution in [0, 0.1) is 0 Å². The molecule has 2 aromatic rings. The van der Waals surface area contributed by atoms with Gasteiger partial charge in [-0.05, 0) is 30.3 Å². The third-order valence-corrected chi connectivity index (χ3v) is 3.90. The number of anilines is 1. The zero-order valence-electron chi connectivity index (χ0n) is 9.74. The Balaban J connectivity index is 2.09. The molecular formula is C12H11Cl2N3OS. The highest BCUT2D eigenvalue weighted by atomic mass is 35.5. The molecule has 0 bridgehead atoms. The zero-order chi connectivity index (χ0) is 13.8. The average Bonchev–Trinajstić information content (AvgIpc) is 2.81. The first-order valence-corrected chi connectivity index (χ1v) is 6.96. The van der Waals surface area contributed by atoms with Crippen LogP contribution in [0.3, 0.4) is 0 Å². The van der Waals surface area contributed by atoms with Crippen molar-refractivity contribution in [2.45, 2.75) is 6.54 Å². The molecule has 0 aliphatic heterocycles. The second-order valence-electron chi connectivity index (χ2n) is 3.72. The summed E-state index contributed by atoms with van der Waals surface area (Å²) >= 11 is 13.1. The Morgan fingerprint density at radius 2 is 2.05 bits per heavy atom. The Kier molecular flexibility index (Phi) is 4.66. The highest BCUT2D eigenvalue weighted by Crippen LogP contribution is 2.22. The first kappa shape index (κ1) is 14.1. The molecule has 4 nitrogen and oxygen atoms in total. The molecule has 2 rings (SSSR count). The van der Waals surface area contributed by atoms with Crippen LogP contribution < -0.4 is 16.6 Å². The maximum absolute atomic E-state index is 12.1. The second kappa shape index (κ2) is 6.25. The fourth-order valence-corrected chi connectivity index (χ4v) is 2.74. The van der Waals surface area contributed by atoms with Gasteiger partial charge in [0.15, 0.2) is 0 Å². The lowest BCUT2D eigenvalue weighted by atomic mass is 10.1. The van der Waals surface area contributed by atoms with Crippen molar-refractivity contribution in [2.24, 2.45) is 5.84 Å². The first-order valence-electron chi connectivity index (χ1n) is 5.38. The van der Waals surface area contributed by atoms with E-state index in [1.165, 1.54) is 11.3 Å². The second-order valence-corrected chi connectivity index (χ2v) is 5.96. The monoisotopic (exact) mass is 315 g/mol. The number of halogens is 2. The largest absolute Gasteiger partial charge is 0.347 e. The number of benzene rings is 1. The van der Waals surface area contributed by atoms with Crippen LogP contribution in [0.25, 0.3) is 0 Å². The van der Waals surface area contributed by atoms with Crippen molar-refractivity contribution >= 4 is 46.1 Å². The molecule has 4 N–H and O–H groups in total. The highest BCUT2D eigenvalue weighted by molar-refractivity contribution is 7.16. The topological polar surface area (TPSA) is 67.1 Å². The molecule has 1 heterocycles. The van der Waals surface area contributed by atoms with Gasteiger partial charge in [0, 0.05) is 9.90 Å². The van der Waals surface area contributed by atoms with Gasteiger partial charge in [0.1, 0.15) is 0 Å². The lowest BCUT2D eigenvalue weighted by Gasteiger charge is -2.09. The summed E-state index contributed by atoms with van der Waals surface area (Å²) in [6.07, 6.45) is 0. The van der Waals surface area contributed by atoms with Crippen molar-refractivity contribution in [3.63, 3.8) is 0 Å². The summed E-state index contributed by atoms with van der Waals surface area (Å²) in [6, 6.07) is 8.53. The Bertz CT molecular complexity index is 600. The van der Waals surface area contributed by atoms with E-state index in [1.807, 2.05) is 6.07 Å². The van der Waals surface area contributed by atoms with Gasteiger partial charge in [0.05, 0.1) is 22.1 Å². The lowest BCUT2D eigenvalue weighted by molar-refractivity contribution is 0.0952. The number of hydrogen-bond acceptors (Lipinski definition) is 4. The Morgan fingerprint density at radius 3 is 2.68 bits per heavy atom. The van der Waals surface area contributed by atoms with Crippen LogP contribution in [-0.4, -0.2) is 5.91 Å². The first-order chi connectivity index (χ1) is 9.10. The van der Waals surface area contributed by atoms with E-state index in [2.05, 4.69) is 10.7 Å². The standard InChI is InChI=1S/C12H11Cl2N3OS/c13-7-1-3-10(17-15)9(5-7)12(18)16-6-8-2-4-11(14)19-8/h1-5,17H,6,15H2,(H,16,18). The van der Waals surface area contributed by atoms with Crippen molar-refractivity contribution in [1.82, 2.24) is 5.32 Å². The summed E-state index contributed by atoms with van der Waals surface area (Å²) in [7, 11) is 0. The van der Waals surface area contributed by atoms with Crippen LogP contribution in [0.15, 0.2) is 30.3 Å². The third-order valence-electron chi connectivity index (χ3n) is 2.43. The van der Waals surface area contributed by atoms with Crippen molar-refractivity contribution in [1.29, 1.82) is 0 Å². The van der Waals surface area contributed by atoms with Gasteiger partial charge in [0.25, 0.3) is 5.91 Å². The van der Waals surface area contributed by atoms with Gasteiger partial charge in [-0.25, -0.2) is 0 Å². The average molecular weight is 316 g/mol. The van der Waals surface area contributed by atoms with Crippen LogP contribution >= 0.6 is 34.5 Å². The number of nitrogen functional groups attached to an aromatic ring is 1. The quantitative estimate of drug-likeness (QED) is 0.599. The van der Waals surface area contributed by atoms with E-state index < -0.39 is 0 Å². The van der Waals surface area contributed by atoms with E-state index >= 15 is 0 Å². The number of amides is 1. The van der Waals surface area contributed by atoms with E-state index in [0.717, 1.165) is 4.88 Å². The van der Waals surface area contributed by atoms with Crippen molar-refractivity contribution < 1.29 is 4.79 Å². The third kappa shape index (κ3) is 3.61. The zero-order valence-corrected chi connectivity index (χ0v) is 12.1. The van der Waals surface area contributed by atoms with E-state index in [1.54, 1.807) is 24.3 Å². The van der Waals surface area contributed by atoms with Gasteiger partial charge >= 0.3 is 0 Å². The summed E-state index contributed by atoms with van der Waals surface area (Å²) in [5.74, 6) is 5.11. The summed E-state index contributed by atoms with van der Waals surface area (Å²) in [4.78, 5) is 13.0. The lowest BCUT2D eigenvalue weighted by Crippen LogP contribution is -2.24. The minimum Gasteiger partial charge on any atom is -0.347 e. The summed E-state index contributed by atoms with van der Waals surface area (Å²) in [5, 5.41) is 3.26. The summed E-state index contributed by atoms with van der Waals surface area (Å²) in [6.45, 7) is 0.409. The highest BCUT2D eigenvalue weighted by Gasteiger charge is 2.11. The van der Waals surface area contributed by atoms with Crippen LogP contribution in [0.5, 0.6) is 0 Å². The smallest absolute Gasteiger partial charge is 0.253 e. The Labute approximate surface area is 124 Å². The number of hydrazine groups is 1. The predicted molar refractivity (Wildman–Crippen MR) is 79.8 cm³/mol. The van der Waals surface area contributed by atoms with Gasteiger partial charge in [-0.3, -0.25) is 10.6 Å². The number of thiophene rings is 1. The van der Waals surface area contributed by atoms with E-state index in [4.69, 9.17) is 29.0 Å². The van der Waals surface area contributed by atoms with Gasteiger partial charge in [-0.15, -0.1) is 11.3 Å². The van der Waals surface area contributed by atoms with Gasteiger partial charge in [-0.1, -0.05) is 23.2 Å².